The summed E-state index contributed by atoms with van der Waals surface area (Å²) < 4.78 is 51.7. The second-order valence-corrected chi connectivity index (χ2v) is 18.0. The average molecular weight is 891 g/mol. The van der Waals surface area contributed by atoms with E-state index in [1.54, 1.807) is 0 Å². The van der Waals surface area contributed by atoms with Crippen LogP contribution in [0.3, 0.4) is 0 Å². The van der Waals surface area contributed by atoms with E-state index in [0.717, 1.165) is 55.7 Å². The number of hydrogen-bond acceptors (Lipinski definition) is 14. The highest BCUT2D eigenvalue weighted by atomic mass is 35.5. The molecule has 1 heterocycles. The number of aliphatic hydroxyl groups excluding tert-OH is 2. The van der Waals surface area contributed by atoms with Crippen LogP contribution in [-0.2, 0) is 32.9 Å². The summed E-state index contributed by atoms with van der Waals surface area (Å²) >= 11 is 5.83. The van der Waals surface area contributed by atoms with E-state index in [0.29, 0.717) is 30.6 Å². The van der Waals surface area contributed by atoms with E-state index in [-0.39, 0.29) is 64.4 Å². The predicted octanol–water partition coefficient (Wildman–Crippen LogP) is 2.61. The van der Waals surface area contributed by atoms with Crippen molar-refractivity contribution in [3.8, 4) is 11.5 Å². The first-order chi connectivity index (χ1) is 28.2. The van der Waals surface area contributed by atoms with Crippen molar-refractivity contribution in [2.75, 3.05) is 59.6 Å². The summed E-state index contributed by atoms with van der Waals surface area (Å²) in [6, 6.07) is 16.4. The lowest BCUT2D eigenvalue weighted by Crippen LogP contribution is -2.33. The zero-order chi connectivity index (χ0) is 44.2. The molecule has 1 amide bonds. The van der Waals surface area contributed by atoms with Gasteiger partial charge in [-0.05, 0) is 91.6 Å². The monoisotopic (exact) mass is 890 g/mol. The third-order valence-electron chi connectivity index (χ3n) is 9.00. The van der Waals surface area contributed by atoms with Crippen LogP contribution in [0.25, 0.3) is 0 Å². The number of sulfonamides is 2. The van der Waals surface area contributed by atoms with Crippen molar-refractivity contribution in [2.24, 2.45) is 10.7 Å². The third kappa shape index (κ3) is 15.3. The van der Waals surface area contributed by atoms with Crippen LogP contribution in [0.2, 0.25) is 5.15 Å². The number of anilines is 4. The molecule has 0 bridgehead atoms. The molecule has 60 heavy (non-hydrogen) atoms. The Balaban J connectivity index is 1.30. The van der Waals surface area contributed by atoms with Crippen LogP contribution in [0.5, 0.6) is 11.5 Å². The van der Waals surface area contributed by atoms with Gasteiger partial charge in [-0.15, -0.1) is 0 Å². The van der Waals surface area contributed by atoms with Gasteiger partial charge in [-0.2, -0.15) is 4.99 Å². The lowest BCUT2D eigenvalue weighted by atomic mass is 10.0. The minimum atomic E-state index is -3.72. The van der Waals surface area contributed by atoms with Gasteiger partial charge in [-0.1, -0.05) is 48.0 Å². The highest BCUT2D eigenvalue weighted by Gasteiger charge is 2.21. The van der Waals surface area contributed by atoms with Crippen molar-refractivity contribution < 1.29 is 42.1 Å². The number of carbonyl (C=O) groups is 1. The van der Waals surface area contributed by atoms with E-state index in [2.05, 4.69) is 54.0 Å². The number of phenols is 2. The largest absolute Gasteiger partial charge is 0.506 e. The number of phenolic OH excluding ortho intramolecular Hbond substituents is 2. The summed E-state index contributed by atoms with van der Waals surface area (Å²) in [5.41, 5.74) is 19.6. The van der Waals surface area contributed by atoms with E-state index in [9.17, 15) is 42.1 Å². The van der Waals surface area contributed by atoms with Crippen molar-refractivity contribution in [1.29, 1.82) is 0 Å². The number of guanidine groups is 1. The molecule has 13 N–H and O–H groups in total. The number of aromatic hydroxyl groups is 2. The Morgan fingerprint density at radius 1 is 0.767 bits per heavy atom. The lowest BCUT2D eigenvalue weighted by molar-refractivity contribution is 0.0679. The fraction of sp³-hybridized carbons (Fsp3) is 0.368. The van der Waals surface area contributed by atoms with E-state index >= 15 is 0 Å². The smallest absolute Gasteiger partial charge is 0.302 e. The van der Waals surface area contributed by atoms with Gasteiger partial charge < -0.3 is 42.9 Å². The number of unbranched alkanes of at least 4 members (excludes halogenated alkanes) is 2. The van der Waals surface area contributed by atoms with Crippen molar-refractivity contribution in [3.63, 3.8) is 0 Å². The molecule has 3 aromatic carbocycles. The highest BCUT2D eigenvalue weighted by Crippen LogP contribution is 2.31. The summed E-state index contributed by atoms with van der Waals surface area (Å²) in [7, 11) is -7.43. The maximum atomic E-state index is 12.4. The molecule has 4 rings (SSSR count). The van der Waals surface area contributed by atoms with E-state index in [1.165, 1.54) is 36.4 Å². The van der Waals surface area contributed by atoms with Crippen LogP contribution >= 0.6 is 11.6 Å². The van der Waals surface area contributed by atoms with Crippen molar-refractivity contribution in [3.05, 3.63) is 93.8 Å². The summed E-state index contributed by atoms with van der Waals surface area (Å²) in [6.45, 7) is 0.970. The SMILES string of the molecule is CS(=O)(=O)Nc1cc([C@@H](O)CN(CCCCc2ccc(CCCCNC(N)=NC(=O)c3nc(Cl)c(N)nc3N)cc2)C[C@H](O)c2ccc(O)c(NS(C)(=O)=O)c2)ccc1O. The van der Waals surface area contributed by atoms with Gasteiger partial charge in [0.25, 0.3) is 0 Å². The Morgan fingerprint density at radius 3 is 1.73 bits per heavy atom. The topological polar surface area (TPSA) is 322 Å². The summed E-state index contributed by atoms with van der Waals surface area (Å²) in [5, 5.41) is 45.5. The average Bonchev–Trinajstić information content (AvgIpc) is 3.15. The lowest BCUT2D eigenvalue weighted by Gasteiger charge is -2.28. The summed E-state index contributed by atoms with van der Waals surface area (Å²) in [6.07, 6.45) is 4.20. The molecule has 0 spiro atoms. The van der Waals surface area contributed by atoms with E-state index in [1.807, 2.05) is 4.90 Å². The first-order valence-electron chi connectivity index (χ1n) is 18.7. The fourth-order valence-corrected chi connectivity index (χ4v) is 7.30. The van der Waals surface area contributed by atoms with Crippen LogP contribution in [0.1, 0.15) is 70.6 Å². The number of benzene rings is 3. The van der Waals surface area contributed by atoms with Crippen molar-refractivity contribution >= 4 is 66.5 Å². The number of rotatable bonds is 21. The van der Waals surface area contributed by atoms with Gasteiger partial charge in [-0.25, -0.2) is 26.8 Å². The van der Waals surface area contributed by atoms with Gasteiger partial charge in [0.2, 0.25) is 20.0 Å². The molecular weight excluding hydrogens is 840 g/mol. The molecule has 22 heteroatoms. The van der Waals surface area contributed by atoms with Gasteiger partial charge >= 0.3 is 5.91 Å². The fourth-order valence-electron chi connectivity index (χ4n) is 6.05. The quantitative estimate of drug-likeness (QED) is 0.0249. The standard InChI is InChI=1S/C38H51ClN10O9S2/c1-59(55,56)47-27-19-25(13-15-29(27)50)31(52)21-49(22-32(53)26-14-16-30(51)28(20-26)48-60(2,57)58)18-6-4-8-24-11-9-23(10-12-24)7-3-5-17-43-38(42)46-37(54)33-35(40)45-36(41)34(39)44-33/h9-16,19-20,31-32,47-48,50-53H,3-8,17-18,21-22H2,1-2H3,(H4,40,41,45)(H3,42,43,46,54)/t31-,32-/m0/s1. The third-order valence-corrected chi connectivity index (χ3v) is 10.5. The first kappa shape index (κ1) is 47.2. The number of nitrogens with one attached hydrogen (secondary N) is 3. The Morgan fingerprint density at radius 2 is 1.25 bits per heavy atom. The molecule has 0 radical (unpaired) electrons. The summed E-state index contributed by atoms with van der Waals surface area (Å²) in [4.78, 5) is 25.5. The number of aliphatic imine (C=N–C) groups is 1. The molecular formula is C38H51ClN10O9S2. The number of nitrogen functional groups attached to an aromatic ring is 2. The Hall–Kier alpha value is -5.45. The number of aliphatic hydroxyl groups is 2. The molecule has 4 aromatic rings. The number of hydrogen-bond donors (Lipinski definition) is 10. The predicted molar refractivity (Wildman–Crippen MR) is 232 cm³/mol. The van der Waals surface area contributed by atoms with Crippen LogP contribution < -0.4 is 32.0 Å². The van der Waals surface area contributed by atoms with Gasteiger partial charge in [0.1, 0.15) is 11.5 Å². The minimum Gasteiger partial charge on any atom is -0.506 e. The normalized spacial score (nSPS) is 13.2. The molecule has 0 saturated heterocycles. The van der Waals surface area contributed by atoms with Crippen LogP contribution in [-0.4, -0.2) is 103 Å². The van der Waals surface area contributed by atoms with Crippen molar-refractivity contribution in [2.45, 2.75) is 50.7 Å². The molecule has 1 aromatic heterocycles. The highest BCUT2D eigenvalue weighted by molar-refractivity contribution is 7.92. The zero-order valence-corrected chi connectivity index (χ0v) is 35.4. The first-order valence-corrected chi connectivity index (χ1v) is 22.8. The molecule has 0 aliphatic rings. The number of halogens is 1. The van der Waals surface area contributed by atoms with Crippen LogP contribution in [0.4, 0.5) is 23.0 Å². The minimum absolute atomic E-state index is 0.0255. The maximum absolute atomic E-state index is 12.4. The van der Waals surface area contributed by atoms with Gasteiger partial charge in [0, 0.05) is 19.6 Å². The van der Waals surface area contributed by atoms with Gasteiger partial charge in [0.05, 0.1) is 36.1 Å². The molecule has 0 aliphatic heterocycles. The molecule has 0 fully saturated rings. The number of carbonyl (C=O) groups excluding carboxylic acids is 1. The Labute approximate surface area is 353 Å². The second kappa shape index (κ2) is 21.2. The second-order valence-electron chi connectivity index (χ2n) is 14.2. The molecule has 0 saturated carbocycles. The number of aromatic nitrogens is 2. The maximum Gasteiger partial charge on any atom is 0.302 e. The Bertz CT molecular complexity index is 2280. The van der Waals surface area contributed by atoms with Gasteiger partial charge in [0.15, 0.2) is 28.4 Å². The van der Waals surface area contributed by atoms with Crippen molar-refractivity contribution in [1.82, 2.24) is 20.2 Å². The van der Waals surface area contributed by atoms with Crippen LogP contribution in [0.15, 0.2) is 65.7 Å². The molecule has 0 aliphatic carbocycles. The molecule has 326 valence electrons. The van der Waals surface area contributed by atoms with E-state index in [4.69, 9.17) is 28.8 Å². The molecule has 19 nitrogen and oxygen atoms in total. The molecule has 2 atom stereocenters. The van der Waals surface area contributed by atoms with Crippen LogP contribution in [0, 0.1) is 0 Å². The van der Waals surface area contributed by atoms with Gasteiger partial charge in [-0.3, -0.25) is 19.1 Å². The summed E-state index contributed by atoms with van der Waals surface area (Å²) in [5.74, 6) is -1.84. The Kier molecular flexibility index (Phi) is 16.7. The molecule has 0 unspecified atom stereocenters. The number of aryl methyl sites for hydroxylation is 2. The zero-order valence-electron chi connectivity index (χ0n) is 33.0. The number of amides is 1. The number of nitrogens with two attached hydrogens (primary N) is 3. The van der Waals surface area contributed by atoms with E-state index < -0.39 is 38.2 Å². The number of nitrogens with zero attached hydrogens (tertiary/aromatic N) is 4.